The van der Waals surface area contributed by atoms with Gasteiger partial charge in [0.25, 0.3) is 0 Å². The molecule has 0 aromatic rings. The highest BCUT2D eigenvalue weighted by atomic mass is 19.1. The van der Waals surface area contributed by atoms with Gasteiger partial charge < -0.3 is 9.47 Å². The predicted molar refractivity (Wildman–Crippen MR) is 46.3 cm³/mol. The Morgan fingerprint density at radius 1 is 1.31 bits per heavy atom. The first-order valence-electron chi connectivity index (χ1n) is 4.93. The fraction of sp³-hybridized carbons (Fsp3) is 1.00. The van der Waals surface area contributed by atoms with E-state index in [1.807, 2.05) is 0 Å². The summed E-state index contributed by atoms with van der Waals surface area (Å²) >= 11 is 0. The van der Waals surface area contributed by atoms with Crippen LogP contribution in [0, 0.1) is 0 Å². The molecular weight excluding hydrogens is 173 g/mol. The maximum absolute atomic E-state index is 12.5. The fourth-order valence-corrected chi connectivity index (χ4v) is 2.01. The van der Waals surface area contributed by atoms with Gasteiger partial charge in [-0.1, -0.05) is 0 Å². The lowest BCUT2D eigenvalue weighted by Crippen LogP contribution is -2.37. The Labute approximate surface area is 77.8 Å². The number of ether oxygens (including phenoxy) is 2. The predicted octanol–water partition coefficient (Wildman–Crippen LogP) is 0.793. The van der Waals surface area contributed by atoms with Crippen molar-refractivity contribution in [3.63, 3.8) is 0 Å². The topological polar surface area (TPSA) is 21.7 Å². The summed E-state index contributed by atoms with van der Waals surface area (Å²) in [6.07, 6.45) is 1.96. The van der Waals surface area contributed by atoms with E-state index >= 15 is 0 Å². The number of halogens is 1. The number of likely N-dealkylation sites (tertiary alicyclic amines) is 1. The normalized spacial score (nSPS) is 31.6. The van der Waals surface area contributed by atoms with Crippen LogP contribution in [-0.4, -0.2) is 50.2 Å². The zero-order chi connectivity index (χ0) is 9.10. The highest BCUT2D eigenvalue weighted by Crippen LogP contribution is 2.19. The Bertz CT molecular complexity index is 162. The van der Waals surface area contributed by atoms with E-state index in [1.54, 1.807) is 0 Å². The second kappa shape index (κ2) is 4.35. The van der Waals surface area contributed by atoms with Gasteiger partial charge in [-0.2, -0.15) is 0 Å². The molecule has 2 heterocycles. The summed E-state index contributed by atoms with van der Waals surface area (Å²) in [5.74, 6) is 0. The molecule has 2 aliphatic rings. The maximum Gasteiger partial charge on any atom is 0.170 e. The Morgan fingerprint density at radius 3 is 2.77 bits per heavy atom. The van der Waals surface area contributed by atoms with Crippen molar-refractivity contribution < 1.29 is 13.9 Å². The molecule has 0 aliphatic carbocycles. The van der Waals surface area contributed by atoms with Gasteiger partial charge in [-0.25, -0.2) is 4.39 Å². The minimum Gasteiger partial charge on any atom is -0.349 e. The van der Waals surface area contributed by atoms with Crippen LogP contribution in [0.4, 0.5) is 4.39 Å². The molecule has 0 aromatic carbocycles. The monoisotopic (exact) mass is 189 g/mol. The average Bonchev–Trinajstić information content (AvgIpc) is 2.76. The molecule has 0 saturated carbocycles. The van der Waals surface area contributed by atoms with Crippen LogP contribution < -0.4 is 0 Å². The summed E-state index contributed by atoms with van der Waals surface area (Å²) in [6.45, 7) is 2.83. The van der Waals surface area contributed by atoms with E-state index in [9.17, 15) is 4.39 Å². The van der Waals surface area contributed by atoms with E-state index in [0.29, 0.717) is 13.2 Å². The van der Waals surface area contributed by atoms with Crippen LogP contribution in [0.1, 0.15) is 12.8 Å². The van der Waals surface area contributed by atoms with E-state index < -0.39 is 0 Å². The molecule has 2 aliphatic heterocycles. The quantitative estimate of drug-likeness (QED) is 0.655. The van der Waals surface area contributed by atoms with Gasteiger partial charge in [0.1, 0.15) is 6.67 Å². The molecule has 13 heavy (non-hydrogen) atoms. The Balaban J connectivity index is 1.79. The number of nitrogens with zero attached hydrogens (tertiary/aromatic N) is 1. The molecule has 0 amide bonds. The molecule has 2 fully saturated rings. The van der Waals surface area contributed by atoms with Gasteiger partial charge >= 0.3 is 0 Å². The Hall–Kier alpha value is -0.190. The lowest BCUT2D eigenvalue weighted by Gasteiger charge is -2.24. The van der Waals surface area contributed by atoms with E-state index in [1.165, 1.54) is 0 Å². The summed E-state index contributed by atoms with van der Waals surface area (Å²) in [6, 6.07) is 0.104. The van der Waals surface area contributed by atoms with Crippen LogP contribution >= 0.6 is 0 Å². The first-order chi connectivity index (χ1) is 6.40. The van der Waals surface area contributed by atoms with Crippen LogP contribution in [0.15, 0.2) is 0 Å². The summed E-state index contributed by atoms with van der Waals surface area (Å²) in [7, 11) is 0. The molecule has 0 spiro atoms. The van der Waals surface area contributed by atoms with Gasteiger partial charge in [-0.05, 0) is 19.4 Å². The third-order valence-corrected chi connectivity index (χ3v) is 2.75. The van der Waals surface area contributed by atoms with Gasteiger partial charge in [0.05, 0.1) is 13.2 Å². The molecule has 1 unspecified atom stereocenters. The zero-order valence-electron chi connectivity index (χ0n) is 7.75. The molecule has 76 valence electrons. The second-order valence-electron chi connectivity index (χ2n) is 3.62. The molecule has 0 aromatic heterocycles. The third-order valence-electron chi connectivity index (χ3n) is 2.75. The van der Waals surface area contributed by atoms with E-state index in [-0.39, 0.29) is 19.0 Å². The van der Waals surface area contributed by atoms with Crippen molar-refractivity contribution in [2.75, 3.05) is 33.0 Å². The lowest BCUT2D eigenvalue weighted by atomic mass is 10.2. The Morgan fingerprint density at radius 2 is 2.08 bits per heavy atom. The first kappa shape index (κ1) is 9.37. The summed E-state index contributed by atoms with van der Waals surface area (Å²) in [5, 5.41) is 0. The minimum atomic E-state index is -0.243. The summed E-state index contributed by atoms with van der Waals surface area (Å²) in [4.78, 5) is 2.13. The molecule has 1 atom stereocenters. The van der Waals surface area contributed by atoms with Crippen molar-refractivity contribution >= 4 is 0 Å². The standard InChI is InChI=1S/C9H16FNO2/c10-6-8-2-1-3-11(8)7-9-12-4-5-13-9/h8-9H,1-7H2. The van der Waals surface area contributed by atoms with Crippen molar-refractivity contribution in [3.05, 3.63) is 0 Å². The van der Waals surface area contributed by atoms with Crippen molar-refractivity contribution in [2.45, 2.75) is 25.2 Å². The van der Waals surface area contributed by atoms with Crippen LogP contribution in [0.2, 0.25) is 0 Å². The van der Waals surface area contributed by atoms with Crippen molar-refractivity contribution in [1.82, 2.24) is 4.90 Å². The molecule has 3 nitrogen and oxygen atoms in total. The molecule has 0 bridgehead atoms. The smallest absolute Gasteiger partial charge is 0.170 e. The van der Waals surface area contributed by atoms with Crippen LogP contribution in [0.25, 0.3) is 0 Å². The highest BCUT2D eigenvalue weighted by molar-refractivity contribution is 4.79. The largest absolute Gasteiger partial charge is 0.349 e. The zero-order valence-corrected chi connectivity index (χ0v) is 7.75. The Kier molecular flexibility index (Phi) is 3.14. The SMILES string of the molecule is FCC1CCCN1CC1OCCO1. The first-order valence-corrected chi connectivity index (χ1v) is 4.93. The van der Waals surface area contributed by atoms with Gasteiger partial charge in [0.2, 0.25) is 0 Å². The molecule has 0 N–H and O–H groups in total. The van der Waals surface area contributed by atoms with Crippen molar-refractivity contribution in [2.24, 2.45) is 0 Å². The fourth-order valence-electron chi connectivity index (χ4n) is 2.01. The van der Waals surface area contributed by atoms with Gasteiger partial charge in [0, 0.05) is 12.6 Å². The minimum absolute atomic E-state index is 0.104. The van der Waals surface area contributed by atoms with Gasteiger partial charge in [0.15, 0.2) is 6.29 Å². The van der Waals surface area contributed by atoms with Gasteiger partial charge in [-0.3, -0.25) is 4.90 Å². The summed E-state index contributed by atoms with van der Waals surface area (Å²) < 4.78 is 23.1. The number of rotatable bonds is 3. The maximum atomic E-state index is 12.5. The van der Waals surface area contributed by atoms with Gasteiger partial charge in [-0.15, -0.1) is 0 Å². The lowest BCUT2D eigenvalue weighted by molar-refractivity contribution is -0.0647. The van der Waals surface area contributed by atoms with Crippen molar-refractivity contribution in [3.8, 4) is 0 Å². The van der Waals surface area contributed by atoms with Crippen LogP contribution in [0.3, 0.4) is 0 Å². The average molecular weight is 189 g/mol. The van der Waals surface area contributed by atoms with E-state index in [2.05, 4.69) is 4.90 Å². The number of alkyl halides is 1. The third kappa shape index (κ3) is 2.18. The molecular formula is C9H16FNO2. The molecule has 0 radical (unpaired) electrons. The molecule has 2 rings (SSSR count). The second-order valence-corrected chi connectivity index (χ2v) is 3.62. The van der Waals surface area contributed by atoms with E-state index in [4.69, 9.17) is 9.47 Å². The molecule has 4 heteroatoms. The van der Waals surface area contributed by atoms with E-state index in [0.717, 1.165) is 25.9 Å². The summed E-state index contributed by atoms with van der Waals surface area (Å²) in [5.41, 5.74) is 0. The highest BCUT2D eigenvalue weighted by Gasteiger charge is 2.28. The molecule has 2 saturated heterocycles. The number of hydrogen-bond acceptors (Lipinski definition) is 3. The van der Waals surface area contributed by atoms with Crippen LogP contribution in [-0.2, 0) is 9.47 Å². The number of hydrogen-bond donors (Lipinski definition) is 0. The van der Waals surface area contributed by atoms with Crippen LogP contribution in [0.5, 0.6) is 0 Å². The van der Waals surface area contributed by atoms with Crippen molar-refractivity contribution in [1.29, 1.82) is 0 Å².